The second kappa shape index (κ2) is 4.63. The van der Waals surface area contributed by atoms with E-state index in [0.29, 0.717) is 0 Å². The van der Waals surface area contributed by atoms with Gasteiger partial charge in [-0.1, -0.05) is 0 Å². The summed E-state index contributed by atoms with van der Waals surface area (Å²) in [6.45, 7) is -0.410. The summed E-state index contributed by atoms with van der Waals surface area (Å²) >= 11 is 0. The van der Waals surface area contributed by atoms with Crippen molar-refractivity contribution in [3.05, 3.63) is 28.2 Å². The molecule has 108 valence electrons. The highest BCUT2D eigenvalue weighted by atomic mass is 19.1. The van der Waals surface area contributed by atoms with Crippen molar-refractivity contribution in [2.75, 3.05) is 6.61 Å². The summed E-state index contributed by atoms with van der Waals surface area (Å²) in [6.07, 6.45) is -1.43. The second-order valence-corrected chi connectivity index (χ2v) is 4.72. The molecule has 0 aromatic carbocycles. The quantitative estimate of drug-likeness (QED) is 0.382. The number of nitrogens with zero attached hydrogens (tertiary/aromatic N) is 1. The van der Waals surface area contributed by atoms with Crippen molar-refractivity contribution < 1.29 is 19.7 Å². The largest absolute Gasteiger partial charge is 0.395 e. The van der Waals surface area contributed by atoms with Crippen LogP contribution in [0.5, 0.6) is 0 Å². The number of aliphatic hydroxyl groups is 3. The number of aromatic nitrogens is 3. The zero-order chi connectivity index (χ0) is 14.4. The monoisotopic (exact) mass is 284 g/mol. The Balaban J connectivity index is 2.14. The maximum atomic E-state index is 14.0. The van der Waals surface area contributed by atoms with Crippen LogP contribution in [-0.2, 0) is 0 Å². The lowest BCUT2D eigenvalue weighted by Gasteiger charge is -2.14. The van der Waals surface area contributed by atoms with Gasteiger partial charge in [0, 0.05) is 0 Å². The molecular weight excluding hydrogens is 271 g/mol. The Labute approximate surface area is 111 Å². The molecule has 2 aromatic rings. The van der Waals surface area contributed by atoms with Crippen molar-refractivity contribution in [2.24, 2.45) is 0 Å². The lowest BCUT2D eigenvalue weighted by molar-refractivity contribution is 0.0192. The van der Waals surface area contributed by atoms with Gasteiger partial charge in [0.15, 0.2) is 5.95 Å². The number of aromatic amines is 2. The fraction of sp³-hybridized carbons (Fsp3) is 0.455. The molecule has 6 N–H and O–H groups in total. The molecule has 0 amide bonds. The average Bonchev–Trinajstić information content (AvgIpc) is 2.90. The molecule has 1 saturated heterocycles. The standard InChI is InChI=1S/C11H13FN4O4/c12-10-4(5-7(16-10)11(20)14-2-13-5)6-9(19)8(18)3(1-17)15-6/h2-3,6,8-9,15-19H,1H2,(H,13,14,20)/t3-,6+,8+,9-/m1/s1. The highest BCUT2D eigenvalue weighted by Gasteiger charge is 2.43. The first-order chi connectivity index (χ1) is 9.54. The molecule has 1 aliphatic heterocycles. The number of hydrogen-bond acceptors (Lipinski definition) is 6. The summed E-state index contributed by atoms with van der Waals surface area (Å²) in [5.74, 6) is -0.813. The lowest BCUT2D eigenvalue weighted by atomic mass is 10.0. The van der Waals surface area contributed by atoms with E-state index in [9.17, 15) is 19.4 Å². The van der Waals surface area contributed by atoms with E-state index >= 15 is 0 Å². The van der Waals surface area contributed by atoms with E-state index in [1.165, 1.54) is 0 Å². The number of fused-ring (bicyclic) bond motifs is 1. The molecule has 0 bridgehead atoms. The molecule has 1 fully saturated rings. The van der Waals surface area contributed by atoms with Gasteiger partial charge in [-0.2, -0.15) is 4.39 Å². The van der Waals surface area contributed by atoms with Gasteiger partial charge in [-0.15, -0.1) is 0 Å². The van der Waals surface area contributed by atoms with Crippen LogP contribution in [0.4, 0.5) is 4.39 Å². The van der Waals surface area contributed by atoms with Gasteiger partial charge in [-0.25, -0.2) is 4.98 Å². The van der Waals surface area contributed by atoms with Crippen molar-refractivity contribution >= 4 is 11.0 Å². The molecular formula is C11H13FN4O4. The van der Waals surface area contributed by atoms with Crippen molar-refractivity contribution in [2.45, 2.75) is 24.3 Å². The molecule has 1 aliphatic rings. The first-order valence-corrected chi connectivity index (χ1v) is 6.02. The SMILES string of the molecule is O=c1[nH]cnc2c([C@@H]3N[C@H](CO)[C@H](O)[C@@H]3O)c(F)[nH]c12. The predicted octanol–water partition coefficient (Wildman–Crippen LogP) is -1.88. The lowest BCUT2D eigenvalue weighted by Crippen LogP contribution is -2.35. The molecule has 0 spiro atoms. The predicted molar refractivity (Wildman–Crippen MR) is 65.4 cm³/mol. The third kappa shape index (κ3) is 1.75. The van der Waals surface area contributed by atoms with E-state index in [1.807, 2.05) is 0 Å². The van der Waals surface area contributed by atoms with Crippen molar-refractivity contribution in [3.8, 4) is 0 Å². The van der Waals surface area contributed by atoms with Gasteiger partial charge in [0.05, 0.1) is 36.7 Å². The van der Waals surface area contributed by atoms with E-state index in [2.05, 4.69) is 20.3 Å². The van der Waals surface area contributed by atoms with Gasteiger partial charge in [-0.3, -0.25) is 4.79 Å². The topological polar surface area (TPSA) is 134 Å². The Bertz CT molecular complexity index is 699. The fourth-order valence-corrected chi connectivity index (χ4v) is 2.56. The Morgan fingerprint density at radius 2 is 2.10 bits per heavy atom. The highest BCUT2D eigenvalue weighted by molar-refractivity contribution is 5.78. The van der Waals surface area contributed by atoms with Gasteiger partial charge in [0.1, 0.15) is 17.1 Å². The smallest absolute Gasteiger partial charge is 0.275 e. The summed E-state index contributed by atoms with van der Waals surface area (Å²) in [5, 5.41) is 31.5. The minimum atomic E-state index is -1.32. The van der Waals surface area contributed by atoms with Gasteiger partial charge >= 0.3 is 0 Å². The number of H-pyrrole nitrogens is 2. The van der Waals surface area contributed by atoms with Crippen LogP contribution in [0.2, 0.25) is 0 Å². The molecule has 8 nitrogen and oxygen atoms in total. The van der Waals surface area contributed by atoms with Crippen LogP contribution in [0.1, 0.15) is 11.6 Å². The molecule has 0 saturated carbocycles. The summed E-state index contributed by atoms with van der Waals surface area (Å²) in [7, 11) is 0. The molecule has 0 radical (unpaired) electrons. The molecule has 3 heterocycles. The fourth-order valence-electron chi connectivity index (χ4n) is 2.56. The number of nitrogens with one attached hydrogen (secondary N) is 3. The Kier molecular flexibility index (Phi) is 3.05. The summed E-state index contributed by atoms with van der Waals surface area (Å²) in [5.41, 5.74) is -0.537. The van der Waals surface area contributed by atoms with Crippen LogP contribution >= 0.6 is 0 Å². The highest BCUT2D eigenvalue weighted by Crippen LogP contribution is 2.32. The summed E-state index contributed by atoms with van der Waals surface area (Å²) in [4.78, 5) is 20.0. The van der Waals surface area contributed by atoms with Crippen LogP contribution in [-0.4, -0.2) is 55.1 Å². The molecule has 2 aromatic heterocycles. The third-order valence-electron chi connectivity index (χ3n) is 3.58. The van der Waals surface area contributed by atoms with Crippen LogP contribution in [0.15, 0.2) is 11.1 Å². The van der Waals surface area contributed by atoms with Gasteiger partial charge in [0.25, 0.3) is 5.56 Å². The van der Waals surface area contributed by atoms with Crippen molar-refractivity contribution in [3.63, 3.8) is 0 Å². The average molecular weight is 284 g/mol. The Morgan fingerprint density at radius 1 is 1.35 bits per heavy atom. The zero-order valence-corrected chi connectivity index (χ0v) is 10.2. The van der Waals surface area contributed by atoms with E-state index in [0.717, 1.165) is 6.33 Å². The van der Waals surface area contributed by atoms with Gasteiger partial charge in [0.2, 0.25) is 0 Å². The maximum absolute atomic E-state index is 14.0. The molecule has 20 heavy (non-hydrogen) atoms. The minimum absolute atomic E-state index is 0.0337. The minimum Gasteiger partial charge on any atom is -0.395 e. The Morgan fingerprint density at radius 3 is 2.75 bits per heavy atom. The van der Waals surface area contributed by atoms with E-state index < -0.39 is 42.4 Å². The molecule has 3 rings (SSSR count). The van der Waals surface area contributed by atoms with Crippen molar-refractivity contribution in [1.82, 2.24) is 20.3 Å². The van der Waals surface area contributed by atoms with Crippen molar-refractivity contribution in [1.29, 1.82) is 0 Å². The number of aliphatic hydroxyl groups excluding tert-OH is 3. The van der Waals surface area contributed by atoms with Crippen LogP contribution in [0, 0.1) is 5.95 Å². The van der Waals surface area contributed by atoms with E-state index in [-0.39, 0.29) is 16.6 Å². The maximum Gasteiger partial charge on any atom is 0.275 e. The first kappa shape index (κ1) is 13.2. The molecule has 0 aliphatic carbocycles. The van der Waals surface area contributed by atoms with Crippen LogP contribution in [0.25, 0.3) is 11.0 Å². The first-order valence-electron chi connectivity index (χ1n) is 6.02. The molecule has 0 unspecified atom stereocenters. The summed E-state index contributed by atoms with van der Waals surface area (Å²) < 4.78 is 14.0. The zero-order valence-electron chi connectivity index (χ0n) is 10.2. The number of halogens is 1. The van der Waals surface area contributed by atoms with E-state index in [4.69, 9.17) is 5.11 Å². The molecule has 4 atom stereocenters. The second-order valence-electron chi connectivity index (χ2n) is 4.72. The van der Waals surface area contributed by atoms with Crippen LogP contribution < -0.4 is 10.9 Å². The van der Waals surface area contributed by atoms with E-state index in [1.54, 1.807) is 0 Å². The number of rotatable bonds is 2. The summed E-state index contributed by atoms with van der Waals surface area (Å²) in [6, 6.07) is -1.74. The normalized spacial score (nSPS) is 30.2. The van der Waals surface area contributed by atoms with Gasteiger partial charge in [-0.05, 0) is 0 Å². The third-order valence-corrected chi connectivity index (χ3v) is 3.58. The Hall–Kier alpha value is -1.81. The molecule has 9 heteroatoms. The van der Waals surface area contributed by atoms with Crippen LogP contribution in [0.3, 0.4) is 0 Å². The van der Waals surface area contributed by atoms with Gasteiger partial charge < -0.3 is 30.6 Å². The number of hydrogen-bond donors (Lipinski definition) is 6.